The molecule has 2 rings (SSSR count). The highest BCUT2D eigenvalue weighted by molar-refractivity contribution is 6.33. The number of halogens is 1. The van der Waals surface area contributed by atoms with Crippen LogP contribution >= 0.6 is 11.6 Å². The predicted octanol–water partition coefficient (Wildman–Crippen LogP) is 3.45. The zero-order valence-corrected chi connectivity index (χ0v) is 15.0. The maximum atomic E-state index is 12.4. The monoisotopic (exact) mass is 376 g/mol. The molecule has 0 N–H and O–H groups in total. The van der Waals surface area contributed by atoms with Crippen molar-refractivity contribution in [2.24, 2.45) is 0 Å². The number of carbonyl (C=O) groups is 2. The maximum Gasteiger partial charge on any atom is 0.340 e. The van der Waals surface area contributed by atoms with Gasteiger partial charge in [-0.25, -0.2) is 4.79 Å². The summed E-state index contributed by atoms with van der Waals surface area (Å²) in [7, 11) is 1.60. The van der Waals surface area contributed by atoms with Crippen LogP contribution in [0.15, 0.2) is 48.5 Å². The molecule has 0 aliphatic rings. The normalized spacial score (nSPS) is 11.5. The highest BCUT2D eigenvalue weighted by atomic mass is 35.5. The van der Waals surface area contributed by atoms with Crippen LogP contribution in [0.5, 0.6) is 0 Å². The molecule has 2 aromatic carbocycles. The van der Waals surface area contributed by atoms with Crippen molar-refractivity contribution in [1.29, 1.82) is 0 Å². The van der Waals surface area contributed by atoms with Gasteiger partial charge in [-0.05, 0) is 18.6 Å². The molecular formula is C18H17ClN2O5. The van der Waals surface area contributed by atoms with E-state index in [-0.39, 0.29) is 16.3 Å². The molecule has 7 nitrogen and oxygen atoms in total. The van der Waals surface area contributed by atoms with Crippen LogP contribution in [0.25, 0.3) is 0 Å². The number of amides is 1. The van der Waals surface area contributed by atoms with Crippen LogP contribution in [0, 0.1) is 10.1 Å². The molecule has 0 saturated carbocycles. The molecule has 2 aromatic rings. The number of hydrogen-bond acceptors (Lipinski definition) is 5. The Hall–Kier alpha value is -2.93. The smallest absolute Gasteiger partial charge is 0.340 e. The van der Waals surface area contributed by atoms with Gasteiger partial charge in [0.25, 0.3) is 11.6 Å². The fourth-order valence-corrected chi connectivity index (χ4v) is 2.50. The number of non-ortho nitro benzene ring substituents is 1. The second-order valence-electron chi connectivity index (χ2n) is 5.65. The highest BCUT2D eigenvalue weighted by Gasteiger charge is 2.24. The molecule has 0 saturated heterocycles. The summed E-state index contributed by atoms with van der Waals surface area (Å²) < 4.78 is 5.14. The third kappa shape index (κ3) is 4.80. The Morgan fingerprint density at radius 3 is 2.50 bits per heavy atom. The number of esters is 1. The Morgan fingerprint density at radius 2 is 1.88 bits per heavy atom. The number of hydrogen-bond donors (Lipinski definition) is 0. The zero-order chi connectivity index (χ0) is 19.3. The third-order valence-corrected chi connectivity index (χ3v) is 3.98. The summed E-state index contributed by atoms with van der Waals surface area (Å²) >= 11 is 5.91. The van der Waals surface area contributed by atoms with E-state index in [1.807, 2.05) is 30.3 Å². The lowest BCUT2D eigenvalue weighted by Gasteiger charge is -2.21. The van der Waals surface area contributed by atoms with Gasteiger partial charge in [-0.1, -0.05) is 41.9 Å². The fourth-order valence-electron chi connectivity index (χ4n) is 2.30. The lowest BCUT2D eigenvalue weighted by Crippen LogP contribution is -2.37. The van der Waals surface area contributed by atoms with Gasteiger partial charge in [-0.2, -0.15) is 0 Å². The van der Waals surface area contributed by atoms with Gasteiger partial charge >= 0.3 is 5.97 Å². The van der Waals surface area contributed by atoms with Crippen molar-refractivity contribution in [3.8, 4) is 0 Å². The second kappa shape index (κ2) is 8.44. The largest absolute Gasteiger partial charge is 0.449 e. The Balaban J connectivity index is 2.05. The van der Waals surface area contributed by atoms with Crippen LogP contribution in [-0.4, -0.2) is 34.9 Å². The van der Waals surface area contributed by atoms with Crippen molar-refractivity contribution in [2.45, 2.75) is 19.6 Å². The predicted molar refractivity (Wildman–Crippen MR) is 95.9 cm³/mol. The maximum absolute atomic E-state index is 12.4. The summed E-state index contributed by atoms with van der Waals surface area (Å²) in [5, 5.41) is 10.8. The molecule has 26 heavy (non-hydrogen) atoms. The molecule has 0 aromatic heterocycles. The molecular weight excluding hydrogens is 360 g/mol. The summed E-state index contributed by atoms with van der Waals surface area (Å²) in [4.78, 5) is 36.2. The SMILES string of the molecule is C[C@H](OC(=O)c1cc([N+](=O)[O-])ccc1Cl)C(=O)N(C)Cc1ccccc1. The van der Waals surface area contributed by atoms with Gasteiger partial charge < -0.3 is 9.64 Å². The minimum atomic E-state index is -1.06. The zero-order valence-electron chi connectivity index (χ0n) is 14.2. The van der Waals surface area contributed by atoms with Gasteiger partial charge in [-0.15, -0.1) is 0 Å². The molecule has 0 fully saturated rings. The molecule has 136 valence electrons. The van der Waals surface area contributed by atoms with Crippen LogP contribution in [0.4, 0.5) is 5.69 Å². The van der Waals surface area contributed by atoms with Crippen molar-refractivity contribution in [3.63, 3.8) is 0 Å². The fraction of sp³-hybridized carbons (Fsp3) is 0.222. The standard InChI is InChI=1S/C18H17ClN2O5/c1-12(17(22)20(2)11-13-6-4-3-5-7-13)26-18(23)15-10-14(21(24)25)8-9-16(15)19/h3-10,12H,11H2,1-2H3/t12-/m0/s1. The highest BCUT2D eigenvalue weighted by Crippen LogP contribution is 2.23. The first kappa shape index (κ1) is 19.4. The van der Waals surface area contributed by atoms with Crippen LogP contribution in [-0.2, 0) is 16.1 Å². The molecule has 1 amide bonds. The third-order valence-electron chi connectivity index (χ3n) is 3.65. The van der Waals surface area contributed by atoms with Crippen LogP contribution in [0.1, 0.15) is 22.8 Å². The molecule has 0 heterocycles. The van der Waals surface area contributed by atoms with E-state index in [9.17, 15) is 19.7 Å². The Morgan fingerprint density at radius 1 is 1.23 bits per heavy atom. The van der Waals surface area contributed by atoms with E-state index in [1.54, 1.807) is 7.05 Å². The average Bonchev–Trinajstić information content (AvgIpc) is 2.61. The van der Waals surface area contributed by atoms with Crippen LogP contribution in [0.2, 0.25) is 5.02 Å². The van der Waals surface area contributed by atoms with E-state index in [4.69, 9.17) is 16.3 Å². The van der Waals surface area contributed by atoms with Gasteiger partial charge in [0, 0.05) is 25.7 Å². The van der Waals surface area contributed by atoms with Crippen LogP contribution in [0.3, 0.4) is 0 Å². The molecule has 1 atom stereocenters. The van der Waals surface area contributed by atoms with Crippen molar-refractivity contribution in [3.05, 3.63) is 74.8 Å². The van der Waals surface area contributed by atoms with Crippen LogP contribution < -0.4 is 0 Å². The van der Waals surface area contributed by atoms with E-state index < -0.39 is 22.9 Å². The van der Waals surface area contributed by atoms with Crippen molar-refractivity contribution in [1.82, 2.24) is 4.90 Å². The molecule has 0 unspecified atom stereocenters. The van der Waals surface area contributed by atoms with E-state index >= 15 is 0 Å². The first-order valence-corrected chi connectivity index (χ1v) is 8.11. The molecule has 8 heteroatoms. The van der Waals surface area contributed by atoms with Crippen molar-refractivity contribution in [2.75, 3.05) is 7.05 Å². The number of nitrogens with zero attached hydrogens (tertiary/aromatic N) is 2. The molecule has 0 aliphatic carbocycles. The topological polar surface area (TPSA) is 89.7 Å². The molecule has 0 spiro atoms. The lowest BCUT2D eigenvalue weighted by atomic mass is 10.2. The van der Waals surface area contributed by atoms with Crippen molar-refractivity contribution >= 4 is 29.2 Å². The summed E-state index contributed by atoms with van der Waals surface area (Å²) in [5.74, 6) is -1.29. The summed E-state index contributed by atoms with van der Waals surface area (Å²) in [6, 6.07) is 12.8. The van der Waals surface area contributed by atoms with E-state index in [0.717, 1.165) is 11.6 Å². The van der Waals surface area contributed by atoms with E-state index in [0.29, 0.717) is 6.54 Å². The van der Waals surface area contributed by atoms with E-state index in [1.165, 1.54) is 24.0 Å². The van der Waals surface area contributed by atoms with Crippen molar-refractivity contribution < 1.29 is 19.2 Å². The number of nitro benzene ring substituents is 1. The number of benzene rings is 2. The Kier molecular flexibility index (Phi) is 6.30. The van der Waals surface area contributed by atoms with Gasteiger partial charge in [0.15, 0.2) is 6.10 Å². The minimum absolute atomic E-state index is 0.0119. The molecule has 0 radical (unpaired) electrons. The van der Waals surface area contributed by atoms with E-state index in [2.05, 4.69) is 0 Å². The second-order valence-corrected chi connectivity index (χ2v) is 6.06. The van der Waals surface area contributed by atoms with Gasteiger partial charge in [0.1, 0.15) is 0 Å². The summed E-state index contributed by atoms with van der Waals surface area (Å²) in [6.07, 6.45) is -1.06. The first-order valence-electron chi connectivity index (χ1n) is 7.73. The van der Waals surface area contributed by atoms with Gasteiger partial charge in [0.05, 0.1) is 15.5 Å². The number of ether oxygens (including phenoxy) is 1. The minimum Gasteiger partial charge on any atom is -0.449 e. The lowest BCUT2D eigenvalue weighted by molar-refractivity contribution is -0.384. The first-order chi connectivity index (χ1) is 12.3. The Labute approximate surface area is 155 Å². The van der Waals surface area contributed by atoms with Gasteiger partial charge in [0.2, 0.25) is 0 Å². The van der Waals surface area contributed by atoms with Gasteiger partial charge in [-0.3, -0.25) is 14.9 Å². The summed E-state index contributed by atoms with van der Waals surface area (Å²) in [5.41, 5.74) is 0.483. The number of likely N-dealkylation sites (N-methyl/N-ethyl adjacent to an activating group) is 1. The number of rotatable bonds is 6. The molecule has 0 bridgehead atoms. The molecule has 0 aliphatic heterocycles. The number of carbonyl (C=O) groups excluding carboxylic acids is 2. The Bertz CT molecular complexity index is 826. The summed E-state index contributed by atoms with van der Waals surface area (Å²) in [6.45, 7) is 1.80. The number of nitro groups is 1. The quantitative estimate of drug-likeness (QED) is 0.437. The average molecular weight is 377 g/mol.